The van der Waals surface area contributed by atoms with Gasteiger partial charge >= 0.3 is 0 Å². The Morgan fingerprint density at radius 3 is 2.57 bits per heavy atom. The molecule has 1 saturated heterocycles. The van der Waals surface area contributed by atoms with Crippen LogP contribution in [0.5, 0.6) is 0 Å². The molecule has 0 spiro atoms. The smallest absolute Gasteiger partial charge is 0.255 e. The van der Waals surface area contributed by atoms with E-state index < -0.39 is 0 Å². The number of piperidine rings is 1. The van der Waals surface area contributed by atoms with Crippen LogP contribution in [0.3, 0.4) is 0 Å². The van der Waals surface area contributed by atoms with E-state index in [2.05, 4.69) is 11.1 Å². The quantitative estimate of drug-likeness (QED) is 0.659. The first-order valence-corrected chi connectivity index (χ1v) is 10.5. The Bertz CT molecular complexity index is 1180. The maximum absolute atomic E-state index is 13.2. The van der Waals surface area contributed by atoms with Gasteiger partial charge in [-0.2, -0.15) is 0 Å². The Hall–Kier alpha value is -3.21. The molecular formula is C25H25N3O2. The third kappa shape index (κ3) is 3.24. The molecule has 5 rings (SSSR count). The lowest BCUT2D eigenvalue weighted by atomic mass is 9.82. The third-order valence-electron chi connectivity index (χ3n) is 6.54. The summed E-state index contributed by atoms with van der Waals surface area (Å²) < 4.78 is 1.92. The van der Waals surface area contributed by atoms with Crippen molar-refractivity contribution in [2.75, 3.05) is 13.1 Å². The van der Waals surface area contributed by atoms with Gasteiger partial charge in [0.15, 0.2) is 0 Å². The van der Waals surface area contributed by atoms with E-state index in [4.69, 9.17) is 0 Å². The topological polar surface area (TPSA) is 55.2 Å². The maximum Gasteiger partial charge on any atom is 0.255 e. The highest BCUT2D eigenvalue weighted by molar-refractivity contribution is 5.94. The van der Waals surface area contributed by atoms with Gasteiger partial charge in [-0.05, 0) is 55.0 Å². The number of rotatable bonds is 2. The zero-order chi connectivity index (χ0) is 20.8. The number of pyridine rings is 2. The van der Waals surface area contributed by atoms with Gasteiger partial charge in [0, 0.05) is 49.2 Å². The predicted octanol–water partition coefficient (Wildman–Crippen LogP) is 3.79. The van der Waals surface area contributed by atoms with E-state index in [9.17, 15) is 9.59 Å². The first-order valence-electron chi connectivity index (χ1n) is 10.5. The molecule has 2 bridgehead atoms. The first kappa shape index (κ1) is 18.8. The molecule has 1 fully saturated rings. The van der Waals surface area contributed by atoms with E-state index in [0.29, 0.717) is 31.1 Å². The van der Waals surface area contributed by atoms with Crippen molar-refractivity contribution < 1.29 is 4.79 Å². The number of hydrogen-bond donors (Lipinski definition) is 0. The minimum absolute atomic E-state index is 0.0373. The average molecular weight is 399 g/mol. The number of nitrogens with zero attached hydrogens (tertiary/aromatic N) is 3. The number of fused-ring (bicyclic) bond motifs is 4. The number of amides is 1. The summed E-state index contributed by atoms with van der Waals surface area (Å²) in [5.74, 6) is 0.521. The Morgan fingerprint density at radius 1 is 1.00 bits per heavy atom. The molecule has 2 aliphatic heterocycles. The fraction of sp³-hybridized carbons (Fsp3) is 0.320. The molecule has 30 heavy (non-hydrogen) atoms. The summed E-state index contributed by atoms with van der Waals surface area (Å²) in [5.41, 5.74) is 5.73. The third-order valence-corrected chi connectivity index (χ3v) is 6.54. The number of aromatic nitrogens is 2. The van der Waals surface area contributed by atoms with Gasteiger partial charge in [-0.1, -0.05) is 30.3 Å². The summed E-state index contributed by atoms with van der Waals surface area (Å²) in [5, 5.41) is 0. The first-order chi connectivity index (χ1) is 14.5. The molecule has 1 aromatic carbocycles. The van der Waals surface area contributed by atoms with Gasteiger partial charge in [-0.3, -0.25) is 14.6 Å². The Labute approximate surface area is 176 Å². The minimum atomic E-state index is 0.0373. The number of likely N-dealkylation sites (tertiary alicyclic amines) is 1. The van der Waals surface area contributed by atoms with Gasteiger partial charge in [-0.25, -0.2) is 0 Å². The average Bonchev–Trinajstić information content (AvgIpc) is 2.76. The second-order valence-electron chi connectivity index (χ2n) is 8.62. The molecule has 0 aliphatic carbocycles. The number of carbonyl (C=O) groups is 1. The molecule has 2 atom stereocenters. The molecule has 4 heterocycles. The monoisotopic (exact) mass is 399 g/mol. The largest absolute Gasteiger partial charge is 0.338 e. The maximum atomic E-state index is 13.2. The zero-order valence-electron chi connectivity index (χ0n) is 17.3. The highest BCUT2D eigenvalue weighted by atomic mass is 16.2. The van der Waals surface area contributed by atoms with Gasteiger partial charge in [0.2, 0.25) is 0 Å². The van der Waals surface area contributed by atoms with E-state index in [-0.39, 0.29) is 17.4 Å². The molecule has 0 saturated carbocycles. The number of aryl methyl sites for hydroxylation is 2. The Balaban J connectivity index is 1.48. The number of hydrogen-bond acceptors (Lipinski definition) is 3. The van der Waals surface area contributed by atoms with Crippen LogP contribution >= 0.6 is 0 Å². The van der Waals surface area contributed by atoms with Crippen molar-refractivity contribution >= 4 is 5.91 Å². The van der Waals surface area contributed by atoms with Gasteiger partial charge in [0.05, 0.1) is 5.56 Å². The van der Waals surface area contributed by atoms with E-state index in [0.717, 1.165) is 34.5 Å². The molecule has 1 amide bonds. The molecule has 2 aliphatic rings. The molecule has 3 aromatic rings. The van der Waals surface area contributed by atoms with Gasteiger partial charge < -0.3 is 9.47 Å². The fourth-order valence-corrected chi connectivity index (χ4v) is 4.86. The summed E-state index contributed by atoms with van der Waals surface area (Å²) in [6.45, 7) is 5.94. The summed E-state index contributed by atoms with van der Waals surface area (Å²) >= 11 is 0. The highest BCUT2D eigenvalue weighted by Gasteiger charge is 2.37. The second kappa shape index (κ2) is 7.24. The van der Waals surface area contributed by atoms with E-state index in [1.807, 2.05) is 59.7 Å². The molecule has 0 N–H and O–H groups in total. The van der Waals surface area contributed by atoms with Crippen LogP contribution in [-0.2, 0) is 6.54 Å². The van der Waals surface area contributed by atoms with Crippen molar-refractivity contribution in [3.05, 3.63) is 87.6 Å². The standard InChI is InChI=1S/C25H25N3O2/c1-16-8-21(12-26-17(16)2)25(30)27-13-18-9-22(15-27)23-10-20(11-24(29)28(23)14-18)19-6-4-3-5-7-19/h3-8,10-12,18,22H,9,13-15H2,1-2H3/t18-,22+/m0/s1. The normalized spacial score (nSPS) is 20.0. The van der Waals surface area contributed by atoms with E-state index >= 15 is 0 Å². The van der Waals surface area contributed by atoms with Crippen LogP contribution in [0.1, 0.15) is 39.6 Å². The van der Waals surface area contributed by atoms with E-state index in [1.165, 1.54) is 0 Å². The van der Waals surface area contributed by atoms with Crippen LogP contribution in [0.4, 0.5) is 0 Å². The molecule has 152 valence electrons. The Morgan fingerprint density at radius 2 is 1.80 bits per heavy atom. The molecule has 5 nitrogen and oxygen atoms in total. The molecular weight excluding hydrogens is 374 g/mol. The number of carbonyl (C=O) groups excluding carboxylic acids is 1. The second-order valence-corrected chi connectivity index (χ2v) is 8.62. The zero-order valence-corrected chi connectivity index (χ0v) is 17.3. The highest BCUT2D eigenvalue weighted by Crippen LogP contribution is 2.37. The van der Waals surface area contributed by atoms with Gasteiger partial charge in [-0.15, -0.1) is 0 Å². The molecule has 0 radical (unpaired) electrons. The van der Waals surface area contributed by atoms with Crippen molar-refractivity contribution in [2.24, 2.45) is 5.92 Å². The summed E-state index contributed by atoms with van der Waals surface area (Å²) in [6.07, 6.45) is 2.70. The van der Waals surface area contributed by atoms with E-state index in [1.54, 1.807) is 12.3 Å². The van der Waals surface area contributed by atoms with Crippen molar-refractivity contribution in [2.45, 2.75) is 32.7 Å². The molecule has 0 unspecified atom stereocenters. The lowest BCUT2D eigenvalue weighted by Gasteiger charge is -2.43. The van der Waals surface area contributed by atoms with Crippen LogP contribution in [0.25, 0.3) is 11.1 Å². The van der Waals surface area contributed by atoms with Crippen molar-refractivity contribution in [1.29, 1.82) is 0 Å². The SMILES string of the molecule is Cc1cc(C(=O)N2C[C@@H]3C[C@H](C2)c2cc(-c4ccccc4)cc(=O)n2C3)cnc1C. The lowest BCUT2D eigenvalue weighted by molar-refractivity contribution is 0.0594. The molecule has 2 aromatic heterocycles. The van der Waals surface area contributed by atoms with Crippen molar-refractivity contribution in [3.8, 4) is 11.1 Å². The van der Waals surface area contributed by atoms with Gasteiger partial charge in [0.1, 0.15) is 0 Å². The summed E-state index contributed by atoms with van der Waals surface area (Å²) in [6, 6.07) is 15.8. The Kier molecular flexibility index (Phi) is 4.54. The summed E-state index contributed by atoms with van der Waals surface area (Å²) in [4.78, 5) is 32.4. The van der Waals surface area contributed by atoms with Crippen molar-refractivity contribution in [3.63, 3.8) is 0 Å². The fourth-order valence-electron chi connectivity index (χ4n) is 4.86. The van der Waals surface area contributed by atoms with Crippen LogP contribution < -0.4 is 5.56 Å². The predicted molar refractivity (Wildman–Crippen MR) is 117 cm³/mol. The van der Waals surface area contributed by atoms with Crippen LogP contribution in [-0.4, -0.2) is 33.4 Å². The summed E-state index contributed by atoms with van der Waals surface area (Å²) in [7, 11) is 0. The lowest BCUT2D eigenvalue weighted by Crippen LogP contribution is -2.49. The molecule has 5 heteroatoms. The van der Waals surface area contributed by atoms with Gasteiger partial charge in [0.25, 0.3) is 11.5 Å². The van der Waals surface area contributed by atoms with Crippen LogP contribution in [0.15, 0.2) is 59.5 Å². The van der Waals surface area contributed by atoms with Crippen LogP contribution in [0, 0.1) is 19.8 Å². The van der Waals surface area contributed by atoms with Crippen molar-refractivity contribution in [1.82, 2.24) is 14.5 Å². The van der Waals surface area contributed by atoms with Crippen LogP contribution in [0.2, 0.25) is 0 Å². The minimum Gasteiger partial charge on any atom is -0.338 e. The number of benzene rings is 1.